The molecule has 0 aromatic carbocycles. The Bertz CT molecular complexity index is 775. The molecule has 5 nitrogen and oxygen atoms in total. The van der Waals surface area contributed by atoms with E-state index in [1.807, 2.05) is 6.92 Å². The molecule has 6 unspecified atom stereocenters. The van der Waals surface area contributed by atoms with Crippen LogP contribution >= 0.6 is 0 Å². The maximum atomic E-state index is 12.5. The van der Waals surface area contributed by atoms with Crippen LogP contribution in [0.2, 0.25) is 0 Å². The molecule has 3 saturated carbocycles. The fourth-order valence-electron chi connectivity index (χ4n) is 7.39. The zero-order valence-corrected chi connectivity index (χ0v) is 19.8. The smallest absolute Gasteiger partial charge is 0.409 e. The minimum atomic E-state index is -0.890. The molecule has 31 heavy (non-hydrogen) atoms. The van der Waals surface area contributed by atoms with Crippen molar-refractivity contribution in [2.24, 2.45) is 22.7 Å². The highest BCUT2D eigenvalue weighted by atomic mass is 16.6. The summed E-state index contributed by atoms with van der Waals surface area (Å²) in [4.78, 5) is 14.3. The van der Waals surface area contributed by atoms with E-state index in [-0.39, 0.29) is 23.0 Å². The Morgan fingerprint density at radius 3 is 2.58 bits per heavy atom. The number of amides is 1. The molecule has 0 spiro atoms. The number of ether oxygens (including phenoxy) is 1. The highest BCUT2D eigenvalue weighted by Gasteiger charge is 2.62. The summed E-state index contributed by atoms with van der Waals surface area (Å²) in [6.07, 6.45) is 11.4. The molecule has 0 bridgehead atoms. The molecule has 0 aliphatic heterocycles. The van der Waals surface area contributed by atoms with Crippen LogP contribution in [-0.2, 0) is 4.74 Å². The number of aliphatic hydroxyl groups excluding tert-OH is 1. The Labute approximate surface area is 187 Å². The van der Waals surface area contributed by atoms with Crippen LogP contribution in [-0.4, -0.2) is 52.6 Å². The molecule has 1 amide bonds. The lowest BCUT2D eigenvalue weighted by molar-refractivity contribution is -0.0993. The van der Waals surface area contributed by atoms with Gasteiger partial charge in [0.25, 0.3) is 0 Å². The number of fused-ring (bicyclic) bond motifs is 5. The number of allylic oxidation sites excluding steroid dienone is 3. The van der Waals surface area contributed by atoms with Gasteiger partial charge in [-0.2, -0.15) is 0 Å². The Kier molecular flexibility index (Phi) is 6.06. The lowest BCUT2D eigenvalue weighted by atomic mass is 9.50. The third-order valence-corrected chi connectivity index (χ3v) is 9.34. The van der Waals surface area contributed by atoms with Crippen molar-refractivity contribution in [1.82, 2.24) is 4.90 Å². The second kappa shape index (κ2) is 8.22. The molecule has 174 valence electrons. The van der Waals surface area contributed by atoms with Crippen LogP contribution in [0.15, 0.2) is 23.3 Å². The van der Waals surface area contributed by atoms with Crippen molar-refractivity contribution in [3.05, 3.63) is 23.3 Å². The quantitative estimate of drug-likeness (QED) is 0.654. The molecule has 0 saturated heterocycles. The van der Waals surface area contributed by atoms with Gasteiger partial charge in [0.05, 0.1) is 24.9 Å². The molecule has 0 radical (unpaired) electrons. The maximum Gasteiger partial charge on any atom is 0.409 e. The summed E-state index contributed by atoms with van der Waals surface area (Å²) in [5, 5.41) is 22.1. The summed E-state index contributed by atoms with van der Waals surface area (Å²) in [6.45, 7) is 9.86. The summed E-state index contributed by atoms with van der Waals surface area (Å²) in [7, 11) is 0. The van der Waals surface area contributed by atoms with Gasteiger partial charge in [0, 0.05) is 12.0 Å². The summed E-state index contributed by atoms with van der Waals surface area (Å²) in [6, 6.07) is 0. The van der Waals surface area contributed by atoms with Gasteiger partial charge in [-0.15, -0.1) is 0 Å². The topological polar surface area (TPSA) is 70.0 Å². The van der Waals surface area contributed by atoms with E-state index >= 15 is 0 Å². The van der Waals surface area contributed by atoms with Gasteiger partial charge in [-0.3, -0.25) is 0 Å². The lowest BCUT2D eigenvalue weighted by Crippen LogP contribution is -2.56. The molecule has 4 aliphatic carbocycles. The fourth-order valence-corrected chi connectivity index (χ4v) is 7.39. The summed E-state index contributed by atoms with van der Waals surface area (Å²) in [5.41, 5.74) is 1.94. The van der Waals surface area contributed by atoms with Gasteiger partial charge in [-0.25, -0.2) is 4.79 Å². The van der Waals surface area contributed by atoms with E-state index in [1.54, 1.807) is 4.90 Å². The van der Waals surface area contributed by atoms with Crippen molar-refractivity contribution in [2.75, 3.05) is 19.7 Å². The van der Waals surface area contributed by atoms with Gasteiger partial charge in [0.1, 0.15) is 0 Å². The lowest BCUT2D eigenvalue weighted by Gasteiger charge is -2.56. The molecule has 4 aliphatic rings. The number of nitrogens with zero attached hydrogens (tertiary/aromatic N) is 1. The number of hydrogen-bond donors (Lipinski definition) is 2. The van der Waals surface area contributed by atoms with E-state index in [9.17, 15) is 15.0 Å². The highest BCUT2D eigenvalue weighted by molar-refractivity contribution is 5.67. The molecule has 0 aromatic heterocycles. The van der Waals surface area contributed by atoms with Crippen molar-refractivity contribution >= 4 is 6.09 Å². The van der Waals surface area contributed by atoms with Crippen LogP contribution < -0.4 is 0 Å². The fraction of sp³-hybridized carbons (Fsp3) is 0.808. The molecule has 5 heteroatoms. The summed E-state index contributed by atoms with van der Waals surface area (Å²) >= 11 is 0. The zero-order valence-electron chi connectivity index (χ0n) is 19.8. The Morgan fingerprint density at radius 2 is 1.87 bits per heavy atom. The predicted molar refractivity (Wildman–Crippen MR) is 122 cm³/mol. The van der Waals surface area contributed by atoms with Crippen molar-refractivity contribution in [3.63, 3.8) is 0 Å². The molecular formula is C26H41NO4. The Hall–Kier alpha value is -1.33. The van der Waals surface area contributed by atoms with E-state index in [0.29, 0.717) is 31.5 Å². The number of hydrogen-bond acceptors (Lipinski definition) is 4. The monoisotopic (exact) mass is 431 g/mol. The van der Waals surface area contributed by atoms with E-state index in [1.165, 1.54) is 11.1 Å². The van der Waals surface area contributed by atoms with Gasteiger partial charge < -0.3 is 19.8 Å². The minimum absolute atomic E-state index is 0.143. The van der Waals surface area contributed by atoms with Gasteiger partial charge >= 0.3 is 6.09 Å². The molecule has 6 atom stereocenters. The third-order valence-electron chi connectivity index (χ3n) is 9.34. The van der Waals surface area contributed by atoms with Gasteiger partial charge in [0.15, 0.2) is 0 Å². The first-order valence-corrected chi connectivity index (χ1v) is 12.4. The summed E-state index contributed by atoms with van der Waals surface area (Å²) in [5.74, 6) is 0.862. The maximum absolute atomic E-state index is 12.5. The van der Waals surface area contributed by atoms with E-state index in [0.717, 1.165) is 51.4 Å². The van der Waals surface area contributed by atoms with Crippen LogP contribution in [0.25, 0.3) is 0 Å². The van der Waals surface area contributed by atoms with Crippen LogP contribution in [0.1, 0.15) is 79.1 Å². The minimum Gasteiger partial charge on any atom is -0.450 e. The first kappa shape index (κ1) is 22.8. The van der Waals surface area contributed by atoms with Crippen molar-refractivity contribution < 1.29 is 19.7 Å². The Morgan fingerprint density at radius 1 is 1.13 bits per heavy atom. The standard InChI is InChI=1S/C26H41NO4/c1-5-15-27(23(29)31-6-2)17-26(30)14-11-22-20-8-7-18-16-19(28)9-12-24(18,3)21(20)10-13-25(22,26)4/h7-8,19,21-22,28,30H,5-6,9-17H2,1-4H3. The normalized spacial score (nSPS) is 41.4. The molecule has 3 fully saturated rings. The summed E-state index contributed by atoms with van der Waals surface area (Å²) < 4.78 is 5.28. The number of carbonyl (C=O) groups is 1. The first-order valence-electron chi connectivity index (χ1n) is 12.4. The molecular weight excluding hydrogens is 390 g/mol. The SMILES string of the molecule is CCCN(CC1(O)CCC2C3=CC=C4CC(O)CCC4(C)C3CCC21C)C(=O)OCC. The van der Waals surface area contributed by atoms with Gasteiger partial charge in [0.2, 0.25) is 0 Å². The van der Waals surface area contributed by atoms with E-state index in [2.05, 4.69) is 32.9 Å². The predicted octanol–water partition coefficient (Wildman–Crippen LogP) is 4.83. The highest BCUT2D eigenvalue weighted by Crippen LogP contribution is 2.66. The second-order valence-corrected chi connectivity index (χ2v) is 10.9. The van der Waals surface area contributed by atoms with Crippen molar-refractivity contribution in [3.8, 4) is 0 Å². The second-order valence-electron chi connectivity index (χ2n) is 10.9. The number of carbonyl (C=O) groups excluding carboxylic acids is 1. The Balaban J connectivity index is 1.61. The molecule has 0 aromatic rings. The molecule has 2 N–H and O–H groups in total. The third kappa shape index (κ3) is 3.56. The average Bonchev–Trinajstić information content (AvgIpc) is 2.99. The van der Waals surface area contributed by atoms with E-state index in [4.69, 9.17) is 4.74 Å². The molecule has 0 heterocycles. The average molecular weight is 432 g/mol. The number of aliphatic hydroxyl groups is 2. The first-order chi connectivity index (χ1) is 14.7. The van der Waals surface area contributed by atoms with Crippen LogP contribution in [0.4, 0.5) is 4.79 Å². The van der Waals surface area contributed by atoms with Crippen LogP contribution in [0.3, 0.4) is 0 Å². The van der Waals surface area contributed by atoms with Crippen LogP contribution in [0, 0.1) is 22.7 Å². The van der Waals surface area contributed by atoms with Crippen LogP contribution in [0.5, 0.6) is 0 Å². The van der Waals surface area contributed by atoms with Gasteiger partial charge in [-0.1, -0.05) is 44.1 Å². The van der Waals surface area contributed by atoms with Crippen molar-refractivity contribution in [1.29, 1.82) is 0 Å². The van der Waals surface area contributed by atoms with Gasteiger partial charge in [-0.05, 0) is 75.5 Å². The zero-order chi connectivity index (χ0) is 22.4. The van der Waals surface area contributed by atoms with Crippen molar-refractivity contribution in [2.45, 2.75) is 90.8 Å². The largest absolute Gasteiger partial charge is 0.450 e. The van der Waals surface area contributed by atoms with E-state index < -0.39 is 5.60 Å². The molecule has 4 rings (SSSR count). The number of rotatable bonds is 5.